The van der Waals surface area contributed by atoms with Crippen molar-refractivity contribution < 1.29 is 9.59 Å². The molecule has 0 saturated carbocycles. The Bertz CT molecular complexity index is 1260. The Hall–Kier alpha value is -3.93. The summed E-state index contributed by atoms with van der Waals surface area (Å²) in [7, 11) is 1.95. The second-order valence-corrected chi connectivity index (χ2v) is 7.17. The lowest BCUT2D eigenvalue weighted by Crippen LogP contribution is -2.15. The van der Waals surface area contributed by atoms with Gasteiger partial charge in [-0.1, -0.05) is 24.3 Å². The number of nitrogens with zero attached hydrogens (tertiary/aromatic N) is 2. The maximum Gasteiger partial charge on any atom is 0.255 e. The molecule has 0 unspecified atom stereocenters. The van der Waals surface area contributed by atoms with Gasteiger partial charge >= 0.3 is 0 Å². The number of nitrogens with one attached hydrogen (secondary N) is 2. The molecule has 30 heavy (non-hydrogen) atoms. The number of anilines is 2. The minimum atomic E-state index is -0.227. The lowest BCUT2D eigenvalue weighted by Gasteiger charge is -2.14. The van der Waals surface area contributed by atoms with Gasteiger partial charge < -0.3 is 15.2 Å². The molecule has 2 amide bonds. The van der Waals surface area contributed by atoms with E-state index in [-0.39, 0.29) is 11.8 Å². The van der Waals surface area contributed by atoms with Crippen LogP contribution < -0.4 is 10.6 Å². The normalized spacial score (nSPS) is 10.8. The Kier molecular flexibility index (Phi) is 5.06. The summed E-state index contributed by atoms with van der Waals surface area (Å²) < 4.78 is 1.99. The Balaban J connectivity index is 1.55. The summed E-state index contributed by atoms with van der Waals surface area (Å²) in [6.45, 7) is 3.79. The van der Waals surface area contributed by atoms with E-state index in [0.29, 0.717) is 22.5 Å². The molecule has 150 valence electrons. The largest absolute Gasteiger partial charge is 0.331 e. The Morgan fingerprint density at radius 3 is 2.10 bits per heavy atom. The molecule has 0 radical (unpaired) electrons. The molecular formula is C24H22N4O2. The average Bonchev–Trinajstić information content (AvgIpc) is 3.04. The van der Waals surface area contributed by atoms with Crippen LogP contribution in [0.3, 0.4) is 0 Å². The number of hydrogen-bond acceptors (Lipinski definition) is 3. The second kappa shape index (κ2) is 7.83. The summed E-state index contributed by atoms with van der Waals surface area (Å²) in [4.78, 5) is 29.8. The van der Waals surface area contributed by atoms with E-state index in [1.165, 1.54) is 0 Å². The lowest BCUT2D eigenvalue weighted by molar-refractivity contribution is 0.101. The zero-order valence-electron chi connectivity index (χ0n) is 17.1. The molecule has 0 spiro atoms. The van der Waals surface area contributed by atoms with Gasteiger partial charge in [0.1, 0.15) is 5.82 Å². The molecule has 6 heteroatoms. The van der Waals surface area contributed by atoms with Crippen molar-refractivity contribution in [1.82, 2.24) is 9.55 Å². The summed E-state index contributed by atoms with van der Waals surface area (Å²) in [6, 6.07) is 19.9. The number of carbonyl (C=O) groups excluding carboxylic acids is 2. The number of fused-ring (bicyclic) bond motifs is 1. The third kappa shape index (κ3) is 3.67. The van der Waals surface area contributed by atoms with Crippen LogP contribution in [0.2, 0.25) is 0 Å². The number of imidazole rings is 1. The van der Waals surface area contributed by atoms with Gasteiger partial charge in [0.25, 0.3) is 11.8 Å². The Morgan fingerprint density at radius 2 is 1.43 bits per heavy atom. The van der Waals surface area contributed by atoms with E-state index in [4.69, 9.17) is 0 Å². The third-order valence-electron chi connectivity index (χ3n) is 5.23. The molecule has 3 aromatic carbocycles. The Labute approximate surface area is 174 Å². The zero-order valence-corrected chi connectivity index (χ0v) is 17.1. The highest BCUT2D eigenvalue weighted by Crippen LogP contribution is 2.25. The third-order valence-corrected chi connectivity index (χ3v) is 5.23. The van der Waals surface area contributed by atoms with Gasteiger partial charge in [-0.2, -0.15) is 0 Å². The van der Waals surface area contributed by atoms with Crippen LogP contribution >= 0.6 is 0 Å². The highest BCUT2D eigenvalue weighted by Gasteiger charge is 2.14. The summed E-state index contributed by atoms with van der Waals surface area (Å²) >= 11 is 0. The van der Waals surface area contributed by atoms with E-state index in [9.17, 15) is 9.59 Å². The molecule has 0 aliphatic carbocycles. The van der Waals surface area contributed by atoms with Gasteiger partial charge in [0.05, 0.1) is 11.0 Å². The van der Waals surface area contributed by atoms with Crippen molar-refractivity contribution >= 4 is 34.2 Å². The van der Waals surface area contributed by atoms with Gasteiger partial charge in [-0.05, 0) is 61.9 Å². The standard InChI is InChI=1S/C24H22N4O2/c1-15-19(26-23(29)17-8-5-4-6-9-17)10-7-11-20(15)27-24(30)18-12-13-22-21(14-18)25-16(2)28(22)3/h4-14H,1-3H3,(H,26,29)(H,27,30). The van der Waals surface area contributed by atoms with Crippen LogP contribution in [0.1, 0.15) is 32.1 Å². The molecule has 4 rings (SSSR count). The fraction of sp³-hybridized carbons (Fsp3) is 0.125. The smallest absolute Gasteiger partial charge is 0.255 e. The molecule has 1 aromatic heterocycles. The number of rotatable bonds is 4. The molecule has 6 nitrogen and oxygen atoms in total. The van der Waals surface area contributed by atoms with Gasteiger partial charge in [0, 0.05) is 29.5 Å². The summed E-state index contributed by atoms with van der Waals surface area (Å²) in [5.74, 6) is 0.466. The van der Waals surface area contributed by atoms with Crippen LogP contribution in [0.5, 0.6) is 0 Å². The van der Waals surface area contributed by atoms with Crippen LogP contribution in [0, 0.1) is 13.8 Å². The van der Waals surface area contributed by atoms with Crippen LogP contribution in [0.15, 0.2) is 66.7 Å². The summed E-state index contributed by atoms with van der Waals surface area (Å²) in [5, 5.41) is 5.85. The van der Waals surface area contributed by atoms with Crippen LogP contribution in [-0.4, -0.2) is 21.4 Å². The number of benzene rings is 3. The first-order valence-electron chi connectivity index (χ1n) is 9.64. The fourth-order valence-corrected chi connectivity index (χ4v) is 3.35. The highest BCUT2D eigenvalue weighted by molar-refractivity contribution is 6.08. The van der Waals surface area contributed by atoms with Crippen molar-refractivity contribution in [3.05, 3.63) is 89.2 Å². The summed E-state index contributed by atoms with van der Waals surface area (Å²) in [5.41, 5.74) is 4.93. The maximum absolute atomic E-state index is 12.8. The lowest BCUT2D eigenvalue weighted by atomic mass is 10.1. The number of amides is 2. The van der Waals surface area contributed by atoms with Gasteiger partial charge in [-0.25, -0.2) is 4.98 Å². The Morgan fingerprint density at radius 1 is 0.800 bits per heavy atom. The van der Waals surface area contributed by atoms with E-state index in [0.717, 1.165) is 22.4 Å². The van der Waals surface area contributed by atoms with E-state index >= 15 is 0 Å². The SMILES string of the molecule is Cc1c(NC(=O)c2ccccc2)cccc1NC(=O)c1ccc2c(c1)nc(C)n2C. The van der Waals surface area contributed by atoms with Crippen molar-refractivity contribution in [1.29, 1.82) is 0 Å². The van der Waals surface area contributed by atoms with E-state index in [1.54, 1.807) is 30.3 Å². The van der Waals surface area contributed by atoms with Gasteiger partial charge in [0.2, 0.25) is 0 Å². The second-order valence-electron chi connectivity index (χ2n) is 7.17. The maximum atomic E-state index is 12.8. The first kappa shape index (κ1) is 19.4. The molecular weight excluding hydrogens is 376 g/mol. The van der Waals surface area contributed by atoms with Crippen LogP contribution in [0.25, 0.3) is 11.0 Å². The van der Waals surface area contributed by atoms with Crippen molar-refractivity contribution in [2.45, 2.75) is 13.8 Å². The summed E-state index contributed by atoms with van der Waals surface area (Å²) in [6.07, 6.45) is 0. The van der Waals surface area contributed by atoms with Gasteiger partial charge in [0.15, 0.2) is 0 Å². The predicted octanol–water partition coefficient (Wildman–Crippen LogP) is 4.69. The van der Waals surface area contributed by atoms with E-state index < -0.39 is 0 Å². The monoisotopic (exact) mass is 398 g/mol. The molecule has 4 aromatic rings. The molecule has 0 fully saturated rings. The fourth-order valence-electron chi connectivity index (χ4n) is 3.35. The predicted molar refractivity (Wildman–Crippen MR) is 119 cm³/mol. The van der Waals surface area contributed by atoms with Crippen molar-refractivity contribution in [3.8, 4) is 0 Å². The molecule has 0 bridgehead atoms. The average molecular weight is 398 g/mol. The number of hydrogen-bond donors (Lipinski definition) is 2. The number of carbonyl (C=O) groups is 2. The van der Waals surface area contributed by atoms with E-state index in [2.05, 4.69) is 15.6 Å². The first-order chi connectivity index (χ1) is 14.4. The molecule has 2 N–H and O–H groups in total. The quantitative estimate of drug-likeness (QED) is 0.523. The van der Waals surface area contributed by atoms with Gasteiger partial charge in [-0.3, -0.25) is 9.59 Å². The molecule has 0 saturated heterocycles. The van der Waals surface area contributed by atoms with Crippen LogP contribution in [0.4, 0.5) is 11.4 Å². The van der Waals surface area contributed by atoms with Gasteiger partial charge in [-0.15, -0.1) is 0 Å². The number of aromatic nitrogens is 2. The molecule has 0 atom stereocenters. The van der Waals surface area contributed by atoms with Crippen molar-refractivity contribution in [2.24, 2.45) is 7.05 Å². The minimum absolute atomic E-state index is 0.196. The minimum Gasteiger partial charge on any atom is -0.331 e. The van der Waals surface area contributed by atoms with Crippen molar-refractivity contribution in [3.63, 3.8) is 0 Å². The molecule has 0 aliphatic rings. The first-order valence-corrected chi connectivity index (χ1v) is 9.64. The van der Waals surface area contributed by atoms with E-state index in [1.807, 2.05) is 61.9 Å². The van der Waals surface area contributed by atoms with Crippen molar-refractivity contribution in [2.75, 3.05) is 10.6 Å². The van der Waals surface area contributed by atoms with Crippen LogP contribution in [-0.2, 0) is 7.05 Å². The number of aryl methyl sites for hydroxylation is 2. The zero-order chi connectivity index (χ0) is 21.3. The molecule has 0 aliphatic heterocycles. The topological polar surface area (TPSA) is 76.0 Å². The molecule has 1 heterocycles. The highest BCUT2D eigenvalue weighted by atomic mass is 16.2.